The van der Waals surface area contributed by atoms with E-state index in [4.69, 9.17) is 10.5 Å². The van der Waals surface area contributed by atoms with Crippen LogP contribution in [0.4, 0.5) is 0 Å². The van der Waals surface area contributed by atoms with Crippen LogP contribution in [0.3, 0.4) is 0 Å². The second-order valence-electron chi connectivity index (χ2n) is 4.53. The highest BCUT2D eigenvalue weighted by Crippen LogP contribution is 2.33. The van der Waals surface area contributed by atoms with Crippen LogP contribution >= 0.6 is 0 Å². The Balaban J connectivity index is 2.28. The molecule has 0 atom stereocenters. The first kappa shape index (κ1) is 11.0. The summed E-state index contributed by atoms with van der Waals surface area (Å²) in [6, 6.07) is 0. The molecule has 1 saturated carbocycles. The molecule has 0 amide bonds. The van der Waals surface area contributed by atoms with Crippen molar-refractivity contribution in [1.29, 1.82) is 0 Å². The molecule has 0 heterocycles. The molecule has 78 valence electrons. The Bertz CT molecular complexity index is 153. The van der Waals surface area contributed by atoms with E-state index in [0.717, 1.165) is 25.9 Å². The fourth-order valence-corrected chi connectivity index (χ4v) is 1.78. The molecular weight excluding hydrogens is 164 g/mol. The summed E-state index contributed by atoms with van der Waals surface area (Å²) in [4.78, 5) is 0. The van der Waals surface area contributed by atoms with Crippen LogP contribution in [0.1, 0.15) is 26.7 Å². The molecule has 0 aromatic heterocycles. The number of hydrogen-bond donors (Lipinski definition) is 2. The first-order valence-corrected chi connectivity index (χ1v) is 5.10. The SMILES string of the molecule is COC1CC(CN)(NCC(C)C)C1. The fourth-order valence-electron chi connectivity index (χ4n) is 1.78. The summed E-state index contributed by atoms with van der Waals surface area (Å²) in [5, 5.41) is 3.54. The van der Waals surface area contributed by atoms with Crippen molar-refractivity contribution in [2.75, 3.05) is 20.2 Å². The number of methoxy groups -OCH3 is 1. The lowest BCUT2D eigenvalue weighted by molar-refractivity contribution is -0.0273. The summed E-state index contributed by atoms with van der Waals surface area (Å²) in [5.41, 5.74) is 5.93. The van der Waals surface area contributed by atoms with Crippen molar-refractivity contribution < 1.29 is 4.74 Å². The summed E-state index contributed by atoms with van der Waals surface area (Å²) >= 11 is 0. The van der Waals surface area contributed by atoms with Gasteiger partial charge in [-0.1, -0.05) is 13.8 Å². The van der Waals surface area contributed by atoms with Crippen molar-refractivity contribution in [2.45, 2.75) is 38.3 Å². The zero-order chi connectivity index (χ0) is 9.90. The minimum Gasteiger partial charge on any atom is -0.381 e. The van der Waals surface area contributed by atoms with Crippen LogP contribution in [0.5, 0.6) is 0 Å². The largest absolute Gasteiger partial charge is 0.381 e. The Morgan fingerprint density at radius 3 is 2.54 bits per heavy atom. The van der Waals surface area contributed by atoms with E-state index in [1.54, 1.807) is 7.11 Å². The second kappa shape index (κ2) is 4.40. The Morgan fingerprint density at radius 1 is 1.54 bits per heavy atom. The third kappa shape index (κ3) is 2.66. The minimum atomic E-state index is 0.172. The molecular formula is C10H22N2O. The average Bonchev–Trinajstić information content (AvgIpc) is 2.03. The molecule has 3 heteroatoms. The van der Waals surface area contributed by atoms with Crippen molar-refractivity contribution in [2.24, 2.45) is 11.7 Å². The molecule has 1 rings (SSSR count). The average molecular weight is 186 g/mol. The van der Waals surface area contributed by atoms with E-state index in [1.165, 1.54) is 0 Å². The Morgan fingerprint density at radius 2 is 2.15 bits per heavy atom. The first-order chi connectivity index (χ1) is 6.12. The third-order valence-electron chi connectivity index (χ3n) is 2.85. The molecule has 0 radical (unpaired) electrons. The number of nitrogens with two attached hydrogens (primary N) is 1. The van der Waals surface area contributed by atoms with Crippen LogP contribution in [0.2, 0.25) is 0 Å². The molecule has 0 bridgehead atoms. The van der Waals surface area contributed by atoms with Crippen molar-refractivity contribution in [3.63, 3.8) is 0 Å². The maximum atomic E-state index is 5.75. The van der Waals surface area contributed by atoms with E-state index in [1.807, 2.05) is 0 Å². The van der Waals surface area contributed by atoms with Gasteiger partial charge in [0.2, 0.25) is 0 Å². The van der Waals surface area contributed by atoms with E-state index in [-0.39, 0.29) is 5.54 Å². The zero-order valence-corrected chi connectivity index (χ0v) is 8.97. The fraction of sp³-hybridized carbons (Fsp3) is 1.00. The number of rotatable bonds is 5. The molecule has 0 aromatic carbocycles. The number of hydrogen-bond acceptors (Lipinski definition) is 3. The maximum Gasteiger partial charge on any atom is 0.0607 e. The van der Waals surface area contributed by atoms with E-state index in [0.29, 0.717) is 12.0 Å². The van der Waals surface area contributed by atoms with Gasteiger partial charge in [0.25, 0.3) is 0 Å². The minimum absolute atomic E-state index is 0.172. The van der Waals surface area contributed by atoms with Crippen LogP contribution < -0.4 is 11.1 Å². The van der Waals surface area contributed by atoms with Crippen LogP contribution in [-0.4, -0.2) is 31.8 Å². The summed E-state index contributed by atoms with van der Waals surface area (Å²) < 4.78 is 5.25. The lowest BCUT2D eigenvalue weighted by atomic mass is 9.74. The molecule has 0 aromatic rings. The highest BCUT2D eigenvalue weighted by Gasteiger charge is 2.42. The van der Waals surface area contributed by atoms with Gasteiger partial charge in [0.05, 0.1) is 6.10 Å². The Kier molecular flexibility index (Phi) is 3.71. The quantitative estimate of drug-likeness (QED) is 0.665. The van der Waals surface area contributed by atoms with E-state index in [9.17, 15) is 0 Å². The predicted molar refractivity (Wildman–Crippen MR) is 54.7 cm³/mol. The molecule has 1 aliphatic rings. The molecule has 3 N–H and O–H groups in total. The molecule has 0 saturated heterocycles. The van der Waals surface area contributed by atoms with Crippen LogP contribution in [0, 0.1) is 5.92 Å². The Labute approximate surface area is 81.0 Å². The standard InChI is InChI=1S/C10H22N2O/c1-8(2)6-12-10(7-11)4-9(5-10)13-3/h8-9,12H,4-7,11H2,1-3H3. The van der Waals surface area contributed by atoms with Crippen LogP contribution in [0.15, 0.2) is 0 Å². The van der Waals surface area contributed by atoms with Crippen molar-refractivity contribution in [3.8, 4) is 0 Å². The molecule has 0 unspecified atom stereocenters. The van der Waals surface area contributed by atoms with E-state index < -0.39 is 0 Å². The van der Waals surface area contributed by atoms with Gasteiger partial charge in [-0.2, -0.15) is 0 Å². The molecule has 13 heavy (non-hydrogen) atoms. The number of nitrogens with one attached hydrogen (secondary N) is 1. The molecule has 3 nitrogen and oxygen atoms in total. The summed E-state index contributed by atoms with van der Waals surface area (Å²) in [6.45, 7) is 6.20. The van der Waals surface area contributed by atoms with E-state index >= 15 is 0 Å². The second-order valence-corrected chi connectivity index (χ2v) is 4.53. The van der Waals surface area contributed by atoms with Crippen LogP contribution in [0.25, 0.3) is 0 Å². The number of ether oxygens (including phenoxy) is 1. The first-order valence-electron chi connectivity index (χ1n) is 5.10. The van der Waals surface area contributed by atoms with Gasteiger partial charge in [-0.05, 0) is 25.3 Å². The zero-order valence-electron chi connectivity index (χ0n) is 8.97. The molecule has 1 aliphatic carbocycles. The van der Waals surface area contributed by atoms with Gasteiger partial charge in [0.15, 0.2) is 0 Å². The topological polar surface area (TPSA) is 47.3 Å². The predicted octanol–water partition coefficient (Wildman–Crippen LogP) is 0.738. The monoisotopic (exact) mass is 186 g/mol. The lowest BCUT2D eigenvalue weighted by Crippen LogP contribution is -2.62. The van der Waals surface area contributed by atoms with Crippen molar-refractivity contribution >= 4 is 0 Å². The van der Waals surface area contributed by atoms with Gasteiger partial charge in [-0.25, -0.2) is 0 Å². The maximum absolute atomic E-state index is 5.75. The van der Waals surface area contributed by atoms with Crippen LogP contribution in [-0.2, 0) is 4.74 Å². The molecule has 1 fully saturated rings. The highest BCUT2D eigenvalue weighted by molar-refractivity contribution is 5.02. The third-order valence-corrected chi connectivity index (χ3v) is 2.85. The van der Waals surface area contributed by atoms with Gasteiger partial charge >= 0.3 is 0 Å². The van der Waals surface area contributed by atoms with Gasteiger partial charge < -0.3 is 15.8 Å². The van der Waals surface area contributed by atoms with E-state index in [2.05, 4.69) is 19.2 Å². The van der Waals surface area contributed by atoms with Gasteiger partial charge in [0, 0.05) is 19.2 Å². The Hall–Kier alpha value is -0.120. The molecule has 0 aliphatic heterocycles. The van der Waals surface area contributed by atoms with Crippen molar-refractivity contribution in [1.82, 2.24) is 5.32 Å². The van der Waals surface area contributed by atoms with Gasteiger partial charge in [0.1, 0.15) is 0 Å². The normalized spacial score (nSPS) is 33.5. The van der Waals surface area contributed by atoms with Crippen molar-refractivity contribution in [3.05, 3.63) is 0 Å². The smallest absolute Gasteiger partial charge is 0.0607 e. The molecule has 0 spiro atoms. The summed E-state index contributed by atoms with van der Waals surface area (Å²) in [7, 11) is 1.77. The lowest BCUT2D eigenvalue weighted by Gasteiger charge is -2.47. The van der Waals surface area contributed by atoms with Gasteiger partial charge in [-0.3, -0.25) is 0 Å². The summed E-state index contributed by atoms with van der Waals surface area (Å²) in [6.07, 6.45) is 2.54. The highest BCUT2D eigenvalue weighted by atomic mass is 16.5. The van der Waals surface area contributed by atoms with Gasteiger partial charge in [-0.15, -0.1) is 0 Å². The summed E-state index contributed by atoms with van der Waals surface area (Å²) in [5.74, 6) is 0.685.